The number of anilines is 1. The van der Waals surface area contributed by atoms with E-state index in [0.717, 1.165) is 17.8 Å². The van der Waals surface area contributed by atoms with Crippen LogP contribution in [0, 0.1) is 0 Å². The normalized spacial score (nSPS) is 11.5. The van der Waals surface area contributed by atoms with Gasteiger partial charge >= 0.3 is 6.18 Å². The summed E-state index contributed by atoms with van der Waals surface area (Å²) in [5.41, 5.74) is -0.244. The summed E-state index contributed by atoms with van der Waals surface area (Å²) in [5, 5.41) is 5.20. The van der Waals surface area contributed by atoms with Crippen LogP contribution in [0.4, 0.5) is 19.1 Å². The number of aromatic nitrogens is 3. The average Bonchev–Trinajstić information content (AvgIpc) is 2.57. The maximum atomic E-state index is 12.5. The second kappa shape index (κ2) is 8.04. The number of hydrogen-bond donors (Lipinski definition) is 2. The van der Waals surface area contributed by atoms with E-state index in [1.165, 1.54) is 6.08 Å². The molecule has 126 valence electrons. The van der Waals surface area contributed by atoms with Crippen LogP contribution >= 0.6 is 0 Å². The van der Waals surface area contributed by atoms with Gasteiger partial charge in [0, 0.05) is 37.8 Å². The molecule has 6 nitrogen and oxygen atoms in total. The van der Waals surface area contributed by atoms with Crippen molar-refractivity contribution in [3.8, 4) is 0 Å². The molecule has 0 aliphatic carbocycles. The zero-order valence-electron chi connectivity index (χ0n) is 12.4. The van der Waals surface area contributed by atoms with E-state index >= 15 is 0 Å². The molecule has 24 heavy (non-hydrogen) atoms. The fourth-order valence-electron chi connectivity index (χ4n) is 1.67. The van der Waals surface area contributed by atoms with Crippen LogP contribution in [0.1, 0.15) is 11.3 Å². The van der Waals surface area contributed by atoms with Gasteiger partial charge in [-0.05, 0) is 23.8 Å². The van der Waals surface area contributed by atoms with E-state index in [2.05, 4.69) is 25.6 Å². The topological polar surface area (TPSA) is 79.8 Å². The number of nitrogens with one attached hydrogen (secondary N) is 2. The van der Waals surface area contributed by atoms with Crippen LogP contribution in [0.5, 0.6) is 0 Å². The van der Waals surface area contributed by atoms with Gasteiger partial charge in [0.05, 0.1) is 0 Å². The molecule has 0 aromatic carbocycles. The third kappa shape index (κ3) is 5.67. The molecule has 2 N–H and O–H groups in total. The van der Waals surface area contributed by atoms with Crippen molar-refractivity contribution in [2.24, 2.45) is 0 Å². The second-order valence-corrected chi connectivity index (χ2v) is 4.60. The summed E-state index contributed by atoms with van der Waals surface area (Å²) in [6, 6.07) is 4.33. The molecular formula is C15H14F3N5O. The third-order valence-electron chi connectivity index (χ3n) is 2.76. The molecule has 0 radical (unpaired) electrons. The molecule has 0 bridgehead atoms. The number of halogens is 3. The summed E-state index contributed by atoms with van der Waals surface area (Å²) in [6.45, 7) is 0.392. The lowest BCUT2D eigenvalue weighted by molar-refractivity contribution is -0.141. The molecule has 2 aromatic rings. The first-order valence-electron chi connectivity index (χ1n) is 6.95. The molecule has 0 aliphatic heterocycles. The smallest absolute Gasteiger partial charge is 0.352 e. The summed E-state index contributed by atoms with van der Waals surface area (Å²) in [4.78, 5) is 22.5. The molecule has 0 fully saturated rings. The average molecular weight is 337 g/mol. The van der Waals surface area contributed by atoms with Gasteiger partial charge < -0.3 is 10.6 Å². The van der Waals surface area contributed by atoms with Crippen LogP contribution in [0.3, 0.4) is 0 Å². The van der Waals surface area contributed by atoms with Crippen molar-refractivity contribution >= 4 is 17.9 Å². The molecule has 2 rings (SSSR count). The highest BCUT2D eigenvalue weighted by molar-refractivity contribution is 5.91. The lowest BCUT2D eigenvalue weighted by atomic mass is 10.2. The maximum absolute atomic E-state index is 12.5. The number of pyridine rings is 1. The number of alkyl halides is 3. The zero-order chi connectivity index (χ0) is 17.4. The summed E-state index contributed by atoms with van der Waals surface area (Å²) in [5.74, 6) is -0.476. The molecule has 1 amide bonds. The predicted molar refractivity (Wildman–Crippen MR) is 81.8 cm³/mol. The number of carbonyl (C=O) groups excluding carboxylic acids is 1. The number of rotatable bonds is 6. The monoisotopic (exact) mass is 337 g/mol. The number of hydrogen-bond acceptors (Lipinski definition) is 5. The summed E-state index contributed by atoms with van der Waals surface area (Å²) >= 11 is 0. The fraction of sp³-hybridized carbons (Fsp3) is 0.200. The summed E-state index contributed by atoms with van der Waals surface area (Å²) < 4.78 is 37.5. The summed E-state index contributed by atoms with van der Waals surface area (Å²) in [7, 11) is 0. The fourth-order valence-corrected chi connectivity index (χ4v) is 1.67. The van der Waals surface area contributed by atoms with Crippen molar-refractivity contribution in [1.82, 2.24) is 20.3 Å². The van der Waals surface area contributed by atoms with Gasteiger partial charge in [-0.25, -0.2) is 9.97 Å². The van der Waals surface area contributed by atoms with E-state index in [0.29, 0.717) is 0 Å². The van der Waals surface area contributed by atoms with Crippen LogP contribution in [0.15, 0.2) is 42.9 Å². The van der Waals surface area contributed by atoms with Gasteiger partial charge in [0.25, 0.3) is 0 Å². The van der Waals surface area contributed by atoms with Crippen molar-refractivity contribution in [1.29, 1.82) is 0 Å². The molecule has 0 atom stereocenters. The highest BCUT2D eigenvalue weighted by Gasteiger charge is 2.32. The van der Waals surface area contributed by atoms with Crippen LogP contribution < -0.4 is 10.6 Å². The zero-order valence-corrected chi connectivity index (χ0v) is 12.4. The van der Waals surface area contributed by atoms with Crippen molar-refractivity contribution in [2.75, 3.05) is 18.4 Å². The lowest BCUT2D eigenvalue weighted by Crippen LogP contribution is -2.27. The highest BCUT2D eigenvalue weighted by Crippen LogP contribution is 2.27. The molecule has 2 aromatic heterocycles. The minimum absolute atomic E-state index is 0.148. The van der Waals surface area contributed by atoms with E-state index in [4.69, 9.17) is 0 Å². The van der Waals surface area contributed by atoms with E-state index in [-0.39, 0.29) is 24.9 Å². The molecule has 0 aliphatic rings. The van der Waals surface area contributed by atoms with E-state index in [1.54, 1.807) is 30.6 Å². The standard InChI is InChI=1S/C15H14F3N5O/c16-15(17,18)12-5-7-21-14(23-12)22-9-8-20-13(24)4-3-11-2-1-6-19-10-11/h1-7,10H,8-9H2,(H,20,24)(H,21,22,23)/b4-3-. The summed E-state index contributed by atoms with van der Waals surface area (Å²) in [6.07, 6.45) is 2.68. The van der Waals surface area contributed by atoms with Gasteiger partial charge in [-0.15, -0.1) is 0 Å². The van der Waals surface area contributed by atoms with Crippen LogP contribution in [0.2, 0.25) is 0 Å². The molecule has 0 unspecified atom stereocenters. The number of amides is 1. The van der Waals surface area contributed by atoms with Gasteiger partial charge in [0.2, 0.25) is 11.9 Å². The van der Waals surface area contributed by atoms with Crippen molar-refractivity contribution in [2.45, 2.75) is 6.18 Å². The number of carbonyl (C=O) groups is 1. The number of nitrogens with zero attached hydrogens (tertiary/aromatic N) is 3. The minimum Gasteiger partial charge on any atom is -0.352 e. The largest absolute Gasteiger partial charge is 0.433 e. The van der Waals surface area contributed by atoms with E-state index in [9.17, 15) is 18.0 Å². The van der Waals surface area contributed by atoms with Crippen LogP contribution in [-0.2, 0) is 11.0 Å². The van der Waals surface area contributed by atoms with Gasteiger partial charge in [0.1, 0.15) is 5.69 Å². The van der Waals surface area contributed by atoms with Crippen LogP contribution in [0.25, 0.3) is 6.08 Å². The minimum atomic E-state index is -4.52. The first-order valence-corrected chi connectivity index (χ1v) is 6.95. The predicted octanol–water partition coefficient (Wildman–Crippen LogP) is 2.13. The Morgan fingerprint density at radius 2 is 2.04 bits per heavy atom. The molecule has 0 saturated carbocycles. The van der Waals surface area contributed by atoms with Crippen molar-refractivity contribution in [3.05, 3.63) is 54.1 Å². The molecule has 9 heteroatoms. The maximum Gasteiger partial charge on any atom is 0.433 e. The SMILES string of the molecule is O=C(/C=C\c1cccnc1)NCCNc1nccc(C(F)(F)F)n1. The van der Waals surface area contributed by atoms with E-state index < -0.39 is 11.9 Å². The second-order valence-electron chi connectivity index (χ2n) is 4.60. The Bertz CT molecular complexity index is 704. The Labute approximate surface area is 135 Å². The van der Waals surface area contributed by atoms with Gasteiger partial charge in [-0.1, -0.05) is 6.07 Å². The molecular weight excluding hydrogens is 323 g/mol. The van der Waals surface area contributed by atoms with Gasteiger partial charge in [-0.2, -0.15) is 13.2 Å². The van der Waals surface area contributed by atoms with Gasteiger partial charge in [0.15, 0.2) is 0 Å². The van der Waals surface area contributed by atoms with E-state index in [1.807, 2.05) is 0 Å². The Morgan fingerprint density at radius 1 is 1.21 bits per heavy atom. The lowest BCUT2D eigenvalue weighted by Gasteiger charge is -2.08. The first kappa shape index (κ1) is 17.4. The van der Waals surface area contributed by atoms with Crippen molar-refractivity contribution < 1.29 is 18.0 Å². The molecule has 0 saturated heterocycles. The van der Waals surface area contributed by atoms with Crippen LogP contribution in [-0.4, -0.2) is 33.9 Å². The highest BCUT2D eigenvalue weighted by atomic mass is 19.4. The molecule has 2 heterocycles. The molecule has 0 spiro atoms. The van der Waals surface area contributed by atoms with Gasteiger partial charge in [-0.3, -0.25) is 9.78 Å². The quantitative estimate of drug-likeness (QED) is 0.624. The Morgan fingerprint density at radius 3 is 2.75 bits per heavy atom. The Kier molecular flexibility index (Phi) is 5.83. The third-order valence-corrected chi connectivity index (χ3v) is 2.76. The first-order chi connectivity index (χ1) is 11.4. The van der Waals surface area contributed by atoms with Crippen molar-refractivity contribution in [3.63, 3.8) is 0 Å². The Hall–Kier alpha value is -2.97. The Balaban J connectivity index is 1.75.